The zero-order valence-electron chi connectivity index (χ0n) is 13.6. The molecule has 2 aromatic carbocycles. The topological polar surface area (TPSA) is 89.5 Å². The Labute approximate surface area is 145 Å². The SMILES string of the molecule is Cc1ccc(S(=O)(=O)OCCCc2cccc3c2C(=O)NC3=O)cc1. The number of hydrogen-bond donors (Lipinski definition) is 1. The van der Waals surface area contributed by atoms with E-state index >= 15 is 0 Å². The van der Waals surface area contributed by atoms with Crippen LogP contribution in [-0.2, 0) is 20.7 Å². The Hall–Kier alpha value is -2.51. The molecular formula is C18H17NO5S. The molecule has 0 radical (unpaired) electrons. The first-order chi connectivity index (χ1) is 11.9. The highest BCUT2D eigenvalue weighted by molar-refractivity contribution is 7.86. The third-order valence-electron chi connectivity index (χ3n) is 3.99. The summed E-state index contributed by atoms with van der Waals surface area (Å²) in [4.78, 5) is 23.6. The van der Waals surface area contributed by atoms with Gasteiger partial charge in [0.2, 0.25) is 0 Å². The zero-order chi connectivity index (χ0) is 18.0. The van der Waals surface area contributed by atoms with Gasteiger partial charge in [0.1, 0.15) is 0 Å². The van der Waals surface area contributed by atoms with Crippen LogP contribution in [0.4, 0.5) is 0 Å². The van der Waals surface area contributed by atoms with Crippen LogP contribution in [-0.4, -0.2) is 26.8 Å². The summed E-state index contributed by atoms with van der Waals surface area (Å²) in [6.07, 6.45) is 0.844. The molecule has 2 amide bonds. The Bertz CT molecular complexity index is 932. The minimum Gasteiger partial charge on any atom is -0.288 e. The first-order valence-electron chi connectivity index (χ1n) is 7.82. The average Bonchev–Trinajstić information content (AvgIpc) is 2.87. The average molecular weight is 359 g/mol. The van der Waals surface area contributed by atoms with E-state index in [0.29, 0.717) is 29.5 Å². The van der Waals surface area contributed by atoms with Crippen LogP contribution in [0.3, 0.4) is 0 Å². The van der Waals surface area contributed by atoms with Crippen LogP contribution in [0.25, 0.3) is 0 Å². The van der Waals surface area contributed by atoms with Gasteiger partial charge in [0.25, 0.3) is 21.9 Å². The monoisotopic (exact) mass is 359 g/mol. The van der Waals surface area contributed by atoms with Gasteiger partial charge in [0.15, 0.2) is 0 Å². The van der Waals surface area contributed by atoms with Crippen molar-refractivity contribution in [3.05, 3.63) is 64.7 Å². The van der Waals surface area contributed by atoms with Crippen molar-refractivity contribution in [1.82, 2.24) is 5.32 Å². The summed E-state index contributed by atoms with van der Waals surface area (Å²) in [5.74, 6) is -0.816. The van der Waals surface area contributed by atoms with E-state index in [0.717, 1.165) is 5.56 Å². The lowest BCUT2D eigenvalue weighted by Crippen LogP contribution is -2.20. The molecule has 6 nitrogen and oxygen atoms in total. The van der Waals surface area contributed by atoms with Gasteiger partial charge < -0.3 is 0 Å². The molecular weight excluding hydrogens is 342 g/mol. The van der Waals surface area contributed by atoms with Crippen molar-refractivity contribution >= 4 is 21.9 Å². The minimum absolute atomic E-state index is 0.00452. The van der Waals surface area contributed by atoms with E-state index in [1.165, 1.54) is 12.1 Å². The Morgan fingerprint density at radius 1 is 1.00 bits per heavy atom. The Morgan fingerprint density at radius 2 is 1.72 bits per heavy atom. The summed E-state index contributed by atoms with van der Waals surface area (Å²) in [5, 5.41) is 2.26. The Morgan fingerprint density at radius 3 is 2.44 bits per heavy atom. The van der Waals surface area contributed by atoms with E-state index in [9.17, 15) is 18.0 Å². The highest BCUT2D eigenvalue weighted by atomic mass is 32.2. The van der Waals surface area contributed by atoms with Crippen molar-refractivity contribution in [1.29, 1.82) is 0 Å². The summed E-state index contributed by atoms with van der Waals surface area (Å²) < 4.78 is 29.3. The van der Waals surface area contributed by atoms with E-state index in [2.05, 4.69) is 5.32 Å². The molecule has 0 spiro atoms. The number of nitrogens with one attached hydrogen (secondary N) is 1. The second-order valence-corrected chi connectivity index (χ2v) is 7.43. The summed E-state index contributed by atoms with van der Waals surface area (Å²) >= 11 is 0. The minimum atomic E-state index is -3.80. The maximum Gasteiger partial charge on any atom is 0.296 e. The van der Waals surface area contributed by atoms with Crippen LogP contribution in [0.1, 0.15) is 38.3 Å². The molecule has 0 saturated heterocycles. The first-order valence-corrected chi connectivity index (χ1v) is 9.23. The van der Waals surface area contributed by atoms with Gasteiger partial charge in [-0.3, -0.25) is 19.1 Å². The number of aryl methyl sites for hydroxylation is 2. The highest BCUT2D eigenvalue weighted by Crippen LogP contribution is 2.21. The molecule has 1 N–H and O–H groups in total. The molecule has 3 rings (SSSR count). The summed E-state index contributed by atoms with van der Waals surface area (Å²) in [7, 11) is -3.80. The molecule has 1 aliphatic heterocycles. The zero-order valence-corrected chi connectivity index (χ0v) is 14.4. The van der Waals surface area contributed by atoms with E-state index in [4.69, 9.17) is 4.18 Å². The Balaban J connectivity index is 1.62. The van der Waals surface area contributed by atoms with E-state index in [1.807, 2.05) is 6.92 Å². The van der Waals surface area contributed by atoms with Gasteiger partial charge in [-0.25, -0.2) is 0 Å². The molecule has 1 heterocycles. The van der Waals surface area contributed by atoms with Gasteiger partial charge >= 0.3 is 0 Å². The third kappa shape index (κ3) is 3.62. The van der Waals surface area contributed by atoms with Crippen molar-refractivity contribution in [3.63, 3.8) is 0 Å². The quantitative estimate of drug-likeness (QED) is 0.485. The molecule has 130 valence electrons. The fourth-order valence-electron chi connectivity index (χ4n) is 2.70. The van der Waals surface area contributed by atoms with Crippen LogP contribution in [0.5, 0.6) is 0 Å². The number of fused-ring (bicyclic) bond motifs is 1. The number of hydrogen-bond acceptors (Lipinski definition) is 5. The van der Waals surface area contributed by atoms with Gasteiger partial charge in [-0.15, -0.1) is 0 Å². The fraction of sp³-hybridized carbons (Fsp3) is 0.222. The van der Waals surface area contributed by atoms with Crippen LogP contribution in [0.2, 0.25) is 0 Å². The van der Waals surface area contributed by atoms with Crippen molar-refractivity contribution in [2.75, 3.05) is 6.61 Å². The van der Waals surface area contributed by atoms with Crippen LogP contribution >= 0.6 is 0 Å². The van der Waals surface area contributed by atoms with Crippen molar-refractivity contribution in [2.45, 2.75) is 24.7 Å². The molecule has 0 aromatic heterocycles. The highest BCUT2D eigenvalue weighted by Gasteiger charge is 2.28. The van der Waals surface area contributed by atoms with E-state index in [-0.39, 0.29) is 11.5 Å². The molecule has 0 saturated carbocycles. The second kappa shape index (κ2) is 6.78. The molecule has 0 aliphatic carbocycles. The summed E-state index contributed by atoms with van der Waals surface area (Å²) in [6, 6.07) is 11.5. The maximum atomic E-state index is 12.1. The number of carbonyl (C=O) groups excluding carboxylic acids is 2. The van der Waals surface area contributed by atoms with Gasteiger partial charge in [0, 0.05) is 0 Å². The van der Waals surface area contributed by atoms with Crippen LogP contribution < -0.4 is 5.32 Å². The molecule has 0 unspecified atom stereocenters. The van der Waals surface area contributed by atoms with Crippen molar-refractivity contribution < 1.29 is 22.2 Å². The van der Waals surface area contributed by atoms with E-state index < -0.39 is 21.9 Å². The number of benzene rings is 2. The number of rotatable bonds is 6. The second-order valence-electron chi connectivity index (χ2n) is 5.82. The molecule has 0 fully saturated rings. The fourth-order valence-corrected chi connectivity index (χ4v) is 3.65. The van der Waals surface area contributed by atoms with Gasteiger partial charge in [-0.05, 0) is 43.5 Å². The number of imide groups is 1. The van der Waals surface area contributed by atoms with Gasteiger partial charge in [-0.2, -0.15) is 8.42 Å². The molecule has 1 aliphatic rings. The lowest BCUT2D eigenvalue weighted by Gasteiger charge is -2.08. The lowest BCUT2D eigenvalue weighted by atomic mass is 9.99. The van der Waals surface area contributed by atoms with E-state index in [1.54, 1.807) is 30.3 Å². The first kappa shape index (κ1) is 17.3. The normalized spacial score (nSPS) is 13.6. The van der Waals surface area contributed by atoms with Gasteiger partial charge in [0.05, 0.1) is 22.6 Å². The molecule has 7 heteroatoms. The Kier molecular flexibility index (Phi) is 4.69. The maximum absolute atomic E-state index is 12.1. The molecule has 25 heavy (non-hydrogen) atoms. The van der Waals surface area contributed by atoms with Crippen molar-refractivity contribution in [3.8, 4) is 0 Å². The third-order valence-corrected chi connectivity index (χ3v) is 5.31. The van der Waals surface area contributed by atoms with Crippen molar-refractivity contribution in [2.24, 2.45) is 0 Å². The predicted octanol–water partition coefficient (Wildman–Crippen LogP) is 2.22. The summed E-state index contributed by atoms with van der Waals surface area (Å²) in [6.45, 7) is 1.87. The van der Waals surface area contributed by atoms with Crippen LogP contribution in [0, 0.1) is 6.92 Å². The largest absolute Gasteiger partial charge is 0.296 e. The standard InChI is InChI=1S/C18H17NO5S/c1-12-7-9-14(10-8-12)25(22,23)24-11-3-5-13-4-2-6-15-16(13)18(21)19-17(15)20/h2,4,6-10H,3,5,11H2,1H3,(H,19,20,21). The number of amides is 2. The smallest absolute Gasteiger partial charge is 0.288 e. The van der Waals surface area contributed by atoms with Crippen LogP contribution in [0.15, 0.2) is 47.4 Å². The number of carbonyl (C=O) groups is 2. The summed E-state index contributed by atoms with van der Waals surface area (Å²) in [5.41, 5.74) is 2.39. The van der Waals surface area contributed by atoms with Gasteiger partial charge in [-0.1, -0.05) is 29.8 Å². The molecule has 2 aromatic rings. The molecule has 0 bridgehead atoms. The predicted molar refractivity (Wildman–Crippen MR) is 90.9 cm³/mol. The molecule has 0 atom stereocenters. The lowest BCUT2D eigenvalue weighted by molar-refractivity contribution is 0.0879.